The van der Waals surface area contributed by atoms with Gasteiger partial charge in [-0.05, 0) is 37.0 Å². The van der Waals surface area contributed by atoms with E-state index < -0.39 is 0 Å². The monoisotopic (exact) mass is 282 g/mol. The normalized spacial score (nSPS) is 13.9. The Morgan fingerprint density at radius 2 is 1.80 bits per heavy atom. The third kappa shape index (κ3) is 5.57. The summed E-state index contributed by atoms with van der Waals surface area (Å²) in [5.74, 6) is -0.0208. The smallest absolute Gasteiger partial charge is 0.315 e. The van der Waals surface area contributed by atoms with Gasteiger partial charge in [-0.1, -0.05) is 26.0 Å². The quantitative estimate of drug-likeness (QED) is 0.748. The Labute approximate surface area is 119 Å². The van der Waals surface area contributed by atoms with Gasteiger partial charge < -0.3 is 15.7 Å². The second-order valence-corrected chi connectivity index (χ2v) is 5.38. The first-order valence-corrected chi connectivity index (χ1v) is 6.84. The van der Waals surface area contributed by atoms with Gasteiger partial charge in [0.1, 0.15) is 5.82 Å². The molecule has 0 aromatic heterocycles. The molecule has 0 spiro atoms. The first-order chi connectivity index (χ1) is 9.42. The molecule has 0 aliphatic rings. The molecule has 4 nitrogen and oxygen atoms in total. The molecule has 0 heterocycles. The van der Waals surface area contributed by atoms with Gasteiger partial charge in [0.05, 0.1) is 12.6 Å². The van der Waals surface area contributed by atoms with Crippen molar-refractivity contribution in [1.82, 2.24) is 10.6 Å². The summed E-state index contributed by atoms with van der Waals surface area (Å²) in [5.41, 5.74) is 0.973. The van der Waals surface area contributed by atoms with E-state index in [2.05, 4.69) is 10.6 Å². The lowest BCUT2D eigenvalue weighted by Crippen LogP contribution is -2.48. The van der Waals surface area contributed by atoms with Crippen molar-refractivity contribution in [2.24, 2.45) is 5.92 Å². The number of aliphatic hydroxyl groups excluding tert-OH is 1. The lowest BCUT2D eigenvalue weighted by atomic mass is 9.96. The molecule has 0 fully saturated rings. The molecule has 0 aliphatic carbocycles. The van der Waals surface area contributed by atoms with Crippen LogP contribution in [0.5, 0.6) is 0 Å². The van der Waals surface area contributed by atoms with Gasteiger partial charge >= 0.3 is 6.03 Å². The fourth-order valence-corrected chi connectivity index (χ4v) is 1.81. The van der Waals surface area contributed by atoms with Gasteiger partial charge in [-0.15, -0.1) is 0 Å². The van der Waals surface area contributed by atoms with E-state index in [0.717, 1.165) is 5.56 Å². The van der Waals surface area contributed by atoms with Crippen LogP contribution in [-0.2, 0) is 6.42 Å². The molecule has 0 radical (unpaired) electrons. The molecular formula is C15H23FN2O2. The van der Waals surface area contributed by atoms with Crippen LogP contribution in [0, 0.1) is 11.7 Å². The summed E-state index contributed by atoms with van der Waals surface area (Å²) in [7, 11) is 0. The van der Waals surface area contributed by atoms with E-state index in [1.807, 2.05) is 13.8 Å². The van der Waals surface area contributed by atoms with Crippen LogP contribution >= 0.6 is 0 Å². The predicted octanol–water partition coefficient (Wildman–Crippen LogP) is 2.07. The van der Waals surface area contributed by atoms with Gasteiger partial charge in [-0.2, -0.15) is 0 Å². The molecule has 20 heavy (non-hydrogen) atoms. The fraction of sp³-hybridized carbons (Fsp3) is 0.533. The van der Waals surface area contributed by atoms with E-state index in [9.17, 15) is 9.18 Å². The summed E-state index contributed by atoms with van der Waals surface area (Å²) in [6.07, 6.45) is 0.638. The average molecular weight is 282 g/mol. The van der Waals surface area contributed by atoms with Crippen molar-refractivity contribution in [3.63, 3.8) is 0 Å². The molecule has 112 valence electrons. The summed E-state index contributed by atoms with van der Waals surface area (Å²) in [6, 6.07) is 5.65. The Bertz CT molecular complexity index is 420. The molecule has 5 heteroatoms. The molecule has 1 rings (SSSR count). The van der Waals surface area contributed by atoms with Crippen LogP contribution in [0.1, 0.15) is 26.3 Å². The summed E-state index contributed by atoms with van der Waals surface area (Å²) in [4.78, 5) is 11.8. The number of hydrogen-bond donors (Lipinski definition) is 3. The number of amides is 2. The number of carbonyl (C=O) groups is 1. The van der Waals surface area contributed by atoms with Crippen LogP contribution in [0.2, 0.25) is 0 Å². The van der Waals surface area contributed by atoms with Crippen molar-refractivity contribution < 1.29 is 14.3 Å². The summed E-state index contributed by atoms with van der Waals surface area (Å²) in [6.45, 7) is 5.66. The SMILES string of the molecule is CC(CO)NC(=O)NC(Cc1ccc(F)cc1)C(C)C. The maximum Gasteiger partial charge on any atom is 0.315 e. The zero-order chi connectivity index (χ0) is 15.1. The zero-order valence-electron chi connectivity index (χ0n) is 12.2. The Hall–Kier alpha value is -1.62. The third-order valence-electron chi connectivity index (χ3n) is 3.14. The first kappa shape index (κ1) is 16.4. The van der Waals surface area contributed by atoms with Crippen molar-refractivity contribution in [2.45, 2.75) is 39.3 Å². The highest BCUT2D eigenvalue weighted by Crippen LogP contribution is 2.11. The highest BCUT2D eigenvalue weighted by Gasteiger charge is 2.17. The maximum absolute atomic E-state index is 12.9. The van der Waals surface area contributed by atoms with E-state index in [1.54, 1.807) is 19.1 Å². The molecule has 3 N–H and O–H groups in total. The van der Waals surface area contributed by atoms with E-state index in [-0.39, 0.29) is 36.5 Å². The van der Waals surface area contributed by atoms with Crippen molar-refractivity contribution in [3.05, 3.63) is 35.6 Å². The van der Waals surface area contributed by atoms with Gasteiger partial charge in [0.15, 0.2) is 0 Å². The molecule has 0 saturated carbocycles. The fourth-order valence-electron chi connectivity index (χ4n) is 1.81. The zero-order valence-corrected chi connectivity index (χ0v) is 12.2. The molecule has 2 atom stereocenters. The third-order valence-corrected chi connectivity index (χ3v) is 3.14. The Balaban J connectivity index is 2.60. The van der Waals surface area contributed by atoms with Crippen LogP contribution in [0.15, 0.2) is 24.3 Å². The Morgan fingerprint density at radius 1 is 1.20 bits per heavy atom. The minimum atomic E-state index is -0.299. The number of halogens is 1. The highest BCUT2D eigenvalue weighted by atomic mass is 19.1. The molecule has 0 saturated heterocycles. The van der Waals surface area contributed by atoms with Gasteiger partial charge in [0, 0.05) is 6.04 Å². The number of hydrogen-bond acceptors (Lipinski definition) is 2. The van der Waals surface area contributed by atoms with Gasteiger partial charge in [-0.25, -0.2) is 9.18 Å². The van der Waals surface area contributed by atoms with Crippen LogP contribution < -0.4 is 10.6 Å². The molecule has 2 unspecified atom stereocenters. The second kappa shape index (κ2) is 7.85. The van der Waals surface area contributed by atoms with Gasteiger partial charge in [0.2, 0.25) is 0 Å². The molecule has 1 aromatic rings. The highest BCUT2D eigenvalue weighted by molar-refractivity contribution is 5.74. The Kier molecular flexibility index (Phi) is 6.45. The van der Waals surface area contributed by atoms with E-state index in [4.69, 9.17) is 5.11 Å². The van der Waals surface area contributed by atoms with Crippen LogP contribution in [0.25, 0.3) is 0 Å². The number of carbonyl (C=O) groups excluding carboxylic acids is 1. The number of aliphatic hydroxyl groups is 1. The Morgan fingerprint density at radius 3 is 2.30 bits per heavy atom. The molecule has 0 bridgehead atoms. The van der Waals surface area contributed by atoms with Crippen LogP contribution in [-0.4, -0.2) is 29.8 Å². The van der Waals surface area contributed by atoms with Crippen LogP contribution in [0.4, 0.5) is 9.18 Å². The van der Waals surface area contributed by atoms with Crippen LogP contribution in [0.3, 0.4) is 0 Å². The van der Waals surface area contributed by atoms with Crippen molar-refractivity contribution in [2.75, 3.05) is 6.61 Å². The topological polar surface area (TPSA) is 61.4 Å². The lowest BCUT2D eigenvalue weighted by molar-refractivity contribution is 0.214. The molecule has 0 aliphatic heterocycles. The molecule has 1 aromatic carbocycles. The maximum atomic E-state index is 12.9. The second-order valence-electron chi connectivity index (χ2n) is 5.38. The van der Waals surface area contributed by atoms with Crippen molar-refractivity contribution in [1.29, 1.82) is 0 Å². The van der Waals surface area contributed by atoms with Crippen molar-refractivity contribution >= 4 is 6.03 Å². The summed E-state index contributed by atoms with van der Waals surface area (Å²) < 4.78 is 12.9. The predicted molar refractivity (Wildman–Crippen MR) is 76.9 cm³/mol. The van der Waals surface area contributed by atoms with Crippen molar-refractivity contribution in [3.8, 4) is 0 Å². The van der Waals surface area contributed by atoms with E-state index in [0.29, 0.717) is 6.42 Å². The minimum absolute atomic E-state index is 0.0497. The number of rotatable bonds is 6. The van der Waals surface area contributed by atoms with Gasteiger partial charge in [0.25, 0.3) is 0 Å². The van der Waals surface area contributed by atoms with E-state index >= 15 is 0 Å². The lowest BCUT2D eigenvalue weighted by Gasteiger charge is -2.23. The molecule has 2 amide bonds. The number of urea groups is 1. The summed E-state index contributed by atoms with van der Waals surface area (Å²) in [5, 5.41) is 14.4. The minimum Gasteiger partial charge on any atom is -0.394 e. The number of nitrogens with one attached hydrogen (secondary N) is 2. The standard InChI is InChI=1S/C15H23FN2O2/c1-10(2)14(18-15(20)17-11(3)9-19)8-12-4-6-13(16)7-5-12/h4-7,10-11,14,19H,8-9H2,1-3H3,(H2,17,18,20). The van der Waals surface area contributed by atoms with Gasteiger partial charge in [-0.3, -0.25) is 0 Å². The first-order valence-electron chi connectivity index (χ1n) is 6.84. The van der Waals surface area contributed by atoms with E-state index in [1.165, 1.54) is 12.1 Å². The molecular weight excluding hydrogens is 259 g/mol. The largest absolute Gasteiger partial charge is 0.394 e. The average Bonchev–Trinajstić information content (AvgIpc) is 2.40. The summed E-state index contributed by atoms with van der Waals surface area (Å²) >= 11 is 0. The number of benzene rings is 1.